The minimum Gasteiger partial charge on any atom is -0.398 e. The van der Waals surface area contributed by atoms with Gasteiger partial charge in [-0.3, -0.25) is 14.3 Å². The van der Waals surface area contributed by atoms with E-state index < -0.39 is 15.7 Å². The molecule has 0 saturated heterocycles. The third-order valence-corrected chi connectivity index (χ3v) is 4.49. The Morgan fingerprint density at radius 1 is 1.25 bits per heavy atom. The molecule has 2 aromatic rings. The maximum absolute atomic E-state index is 12.2. The molecule has 20 heavy (non-hydrogen) atoms. The lowest BCUT2D eigenvalue weighted by Gasteiger charge is -2.07. The number of halogens is 1. The van der Waals surface area contributed by atoms with Crippen LogP contribution in [0, 0.1) is 10.1 Å². The molecule has 0 aromatic heterocycles. The molecule has 5 nitrogen and oxygen atoms in total. The van der Waals surface area contributed by atoms with Gasteiger partial charge in [-0.05, 0) is 23.8 Å². The summed E-state index contributed by atoms with van der Waals surface area (Å²) in [6, 6.07) is 11.0. The molecule has 0 fully saturated rings. The molecule has 0 heterocycles. The molecule has 1 unspecified atom stereocenters. The minimum atomic E-state index is -1.35. The fourth-order valence-corrected chi connectivity index (χ4v) is 3.25. The number of anilines is 1. The average Bonchev–Trinajstić information content (AvgIpc) is 2.41. The SMILES string of the molecule is Nc1ccccc1S(=O)Cc1ccc([N+](=O)[O-])cc1Cl. The van der Waals surface area contributed by atoms with Gasteiger partial charge in [-0.25, -0.2) is 0 Å². The third kappa shape index (κ3) is 3.15. The molecule has 1 atom stereocenters. The van der Waals surface area contributed by atoms with Crippen LogP contribution < -0.4 is 5.73 Å². The van der Waals surface area contributed by atoms with Crippen LogP contribution in [-0.4, -0.2) is 9.13 Å². The number of benzene rings is 2. The predicted octanol–water partition coefficient (Wildman–Crippen LogP) is 3.14. The van der Waals surface area contributed by atoms with Gasteiger partial charge in [0.2, 0.25) is 0 Å². The van der Waals surface area contributed by atoms with Crippen molar-refractivity contribution in [2.24, 2.45) is 0 Å². The molecule has 0 aliphatic rings. The van der Waals surface area contributed by atoms with Crippen LogP contribution in [0.2, 0.25) is 5.02 Å². The van der Waals surface area contributed by atoms with Crippen molar-refractivity contribution in [3.05, 3.63) is 63.2 Å². The number of nitro benzene ring substituents is 1. The van der Waals surface area contributed by atoms with Gasteiger partial charge in [0.25, 0.3) is 5.69 Å². The topological polar surface area (TPSA) is 86.2 Å². The summed E-state index contributed by atoms with van der Waals surface area (Å²) in [5.41, 5.74) is 6.70. The summed E-state index contributed by atoms with van der Waals surface area (Å²) in [6.45, 7) is 0. The Kier molecular flexibility index (Phi) is 4.36. The van der Waals surface area contributed by atoms with Crippen LogP contribution >= 0.6 is 11.6 Å². The summed E-state index contributed by atoms with van der Waals surface area (Å²) in [5.74, 6) is 0.158. The maximum Gasteiger partial charge on any atom is 0.270 e. The first-order valence-corrected chi connectivity index (χ1v) is 7.34. The highest BCUT2D eigenvalue weighted by atomic mass is 35.5. The molecule has 7 heteroatoms. The normalized spacial score (nSPS) is 12.1. The van der Waals surface area contributed by atoms with Crippen molar-refractivity contribution in [2.45, 2.75) is 10.6 Å². The van der Waals surface area contributed by atoms with E-state index in [9.17, 15) is 14.3 Å². The number of rotatable bonds is 4. The number of hydrogen-bond donors (Lipinski definition) is 1. The molecule has 0 aliphatic heterocycles. The molecule has 0 bridgehead atoms. The number of nitrogens with two attached hydrogens (primary N) is 1. The Balaban J connectivity index is 2.25. The van der Waals surface area contributed by atoms with Gasteiger partial charge in [-0.15, -0.1) is 0 Å². The van der Waals surface area contributed by atoms with Crippen LogP contribution in [0.25, 0.3) is 0 Å². The second kappa shape index (κ2) is 6.02. The van der Waals surface area contributed by atoms with Crippen molar-refractivity contribution >= 4 is 33.8 Å². The lowest BCUT2D eigenvalue weighted by molar-refractivity contribution is -0.384. The van der Waals surface area contributed by atoms with Crippen molar-refractivity contribution in [2.75, 3.05) is 5.73 Å². The number of non-ortho nitro benzene ring substituents is 1. The van der Waals surface area contributed by atoms with E-state index in [0.29, 0.717) is 16.1 Å². The molecule has 2 aromatic carbocycles. The van der Waals surface area contributed by atoms with Crippen molar-refractivity contribution < 1.29 is 9.13 Å². The van der Waals surface area contributed by atoms with Crippen LogP contribution in [0.4, 0.5) is 11.4 Å². The predicted molar refractivity (Wildman–Crippen MR) is 79.1 cm³/mol. The van der Waals surface area contributed by atoms with Gasteiger partial charge in [0.15, 0.2) is 0 Å². The second-order valence-corrected chi connectivity index (χ2v) is 5.89. The van der Waals surface area contributed by atoms with Crippen molar-refractivity contribution in [3.8, 4) is 0 Å². The molecule has 0 amide bonds. The van der Waals surface area contributed by atoms with Crippen molar-refractivity contribution in [1.29, 1.82) is 0 Å². The monoisotopic (exact) mass is 310 g/mol. The van der Waals surface area contributed by atoms with Crippen molar-refractivity contribution in [3.63, 3.8) is 0 Å². The minimum absolute atomic E-state index is 0.0937. The first-order chi connectivity index (χ1) is 9.49. The van der Waals surface area contributed by atoms with Gasteiger partial charge in [-0.2, -0.15) is 0 Å². The number of para-hydroxylation sites is 1. The molecule has 104 valence electrons. The van der Waals surface area contributed by atoms with E-state index in [0.717, 1.165) is 0 Å². The van der Waals surface area contributed by atoms with Gasteiger partial charge in [0.05, 0.1) is 31.4 Å². The summed E-state index contributed by atoms with van der Waals surface area (Å²) >= 11 is 5.97. The molecular formula is C13H11ClN2O3S. The quantitative estimate of drug-likeness (QED) is 0.534. The zero-order chi connectivity index (χ0) is 14.7. The molecule has 0 aliphatic carbocycles. The lowest BCUT2D eigenvalue weighted by atomic mass is 10.2. The highest BCUT2D eigenvalue weighted by molar-refractivity contribution is 7.84. The lowest BCUT2D eigenvalue weighted by Crippen LogP contribution is -2.01. The van der Waals surface area contributed by atoms with Gasteiger partial charge >= 0.3 is 0 Å². The summed E-state index contributed by atoms with van der Waals surface area (Å²) in [7, 11) is -1.35. The van der Waals surface area contributed by atoms with E-state index in [4.69, 9.17) is 17.3 Å². The number of nitro groups is 1. The molecule has 0 saturated carbocycles. The molecular weight excluding hydrogens is 300 g/mol. The molecule has 2 N–H and O–H groups in total. The smallest absolute Gasteiger partial charge is 0.270 e. The van der Waals surface area contributed by atoms with Crippen molar-refractivity contribution in [1.82, 2.24) is 0 Å². The van der Waals surface area contributed by atoms with E-state index in [1.165, 1.54) is 18.2 Å². The Bertz CT molecular complexity index is 691. The van der Waals surface area contributed by atoms with Gasteiger partial charge < -0.3 is 5.73 Å². The van der Waals surface area contributed by atoms with Crippen LogP contribution in [0.15, 0.2) is 47.4 Å². The highest BCUT2D eigenvalue weighted by Crippen LogP contribution is 2.26. The summed E-state index contributed by atoms with van der Waals surface area (Å²) < 4.78 is 12.2. The van der Waals surface area contributed by atoms with E-state index >= 15 is 0 Å². The Labute approximate surface area is 123 Å². The van der Waals surface area contributed by atoms with E-state index in [-0.39, 0.29) is 16.5 Å². The summed E-state index contributed by atoms with van der Waals surface area (Å²) in [6.07, 6.45) is 0. The fourth-order valence-electron chi connectivity index (χ4n) is 1.67. The first-order valence-electron chi connectivity index (χ1n) is 5.64. The zero-order valence-corrected chi connectivity index (χ0v) is 11.9. The summed E-state index contributed by atoms with van der Waals surface area (Å²) in [5, 5.41) is 10.8. The fraction of sp³-hybridized carbons (Fsp3) is 0.0769. The van der Waals surface area contributed by atoms with E-state index in [1.807, 2.05) is 0 Å². The third-order valence-electron chi connectivity index (χ3n) is 2.70. The van der Waals surface area contributed by atoms with Crippen LogP contribution in [0.5, 0.6) is 0 Å². The second-order valence-electron chi connectivity index (χ2n) is 4.06. The van der Waals surface area contributed by atoms with E-state index in [1.54, 1.807) is 24.3 Å². The zero-order valence-electron chi connectivity index (χ0n) is 10.3. The highest BCUT2D eigenvalue weighted by Gasteiger charge is 2.13. The largest absolute Gasteiger partial charge is 0.398 e. The molecule has 0 spiro atoms. The Hall–Kier alpha value is -1.92. The van der Waals surface area contributed by atoms with Gasteiger partial charge in [-0.1, -0.05) is 23.7 Å². The van der Waals surface area contributed by atoms with Crippen LogP contribution in [-0.2, 0) is 16.6 Å². The Morgan fingerprint density at radius 2 is 1.95 bits per heavy atom. The number of nitrogen functional groups attached to an aromatic ring is 1. The average molecular weight is 311 g/mol. The van der Waals surface area contributed by atoms with Crippen LogP contribution in [0.3, 0.4) is 0 Å². The maximum atomic E-state index is 12.2. The summed E-state index contributed by atoms with van der Waals surface area (Å²) in [4.78, 5) is 10.6. The van der Waals surface area contributed by atoms with Gasteiger partial charge in [0, 0.05) is 17.8 Å². The Morgan fingerprint density at radius 3 is 2.55 bits per heavy atom. The number of hydrogen-bond acceptors (Lipinski definition) is 4. The molecule has 2 rings (SSSR count). The van der Waals surface area contributed by atoms with E-state index in [2.05, 4.69) is 0 Å². The van der Waals surface area contributed by atoms with Crippen LogP contribution in [0.1, 0.15) is 5.56 Å². The first kappa shape index (κ1) is 14.5. The van der Waals surface area contributed by atoms with Gasteiger partial charge in [0.1, 0.15) is 0 Å². The standard InChI is InChI=1S/C13H11ClN2O3S/c14-11-7-10(16(17)18)6-5-9(11)8-20(19)13-4-2-1-3-12(13)15/h1-7H,8,15H2. The molecule has 0 radical (unpaired) electrons. The number of nitrogens with zero attached hydrogens (tertiary/aromatic N) is 1.